The number of aliphatic carboxylic acids is 1. The summed E-state index contributed by atoms with van der Waals surface area (Å²) >= 11 is 0. The zero-order valence-electron chi connectivity index (χ0n) is 18.4. The number of pyridine rings is 2. The third-order valence-electron chi connectivity index (χ3n) is 5.25. The number of hydrogen-bond donors (Lipinski definition) is 2. The number of nitrogens with zero attached hydrogens (tertiary/aromatic N) is 4. The number of carboxylic acids is 1. The Morgan fingerprint density at radius 2 is 1.97 bits per heavy atom. The highest BCUT2D eigenvalue weighted by atomic mass is 19.4. The van der Waals surface area contributed by atoms with Gasteiger partial charge in [0, 0.05) is 67.2 Å². The van der Waals surface area contributed by atoms with Crippen LogP contribution in [0.15, 0.2) is 49.2 Å². The molecule has 176 valence electrons. The molecule has 0 fully saturated rings. The van der Waals surface area contributed by atoms with E-state index in [2.05, 4.69) is 52.1 Å². The fraction of sp³-hybridized carbons (Fsp3) is 0.391. The van der Waals surface area contributed by atoms with Crippen molar-refractivity contribution in [3.63, 3.8) is 0 Å². The summed E-state index contributed by atoms with van der Waals surface area (Å²) in [6.45, 7) is 5.18. The molecule has 0 saturated heterocycles. The summed E-state index contributed by atoms with van der Waals surface area (Å²) in [6.07, 6.45) is 7.91. The average molecular weight is 461 g/mol. The summed E-state index contributed by atoms with van der Waals surface area (Å²) in [7, 11) is 0. The summed E-state index contributed by atoms with van der Waals surface area (Å²) in [5.74, 6) is -2.76. The number of hydrogen-bond acceptors (Lipinski definition) is 5. The van der Waals surface area contributed by atoms with E-state index in [0.29, 0.717) is 12.1 Å². The normalized spacial score (nSPS) is 15.5. The Labute approximate surface area is 189 Å². The molecule has 3 aromatic rings. The summed E-state index contributed by atoms with van der Waals surface area (Å²) in [5, 5.41) is 15.6. The lowest BCUT2D eigenvalue weighted by Crippen LogP contribution is -2.34. The van der Waals surface area contributed by atoms with Crippen LogP contribution in [0.5, 0.6) is 0 Å². The Kier molecular flexibility index (Phi) is 7.80. The molecule has 0 aliphatic heterocycles. The molecule has 0 radical (unpaired) electrons. The van der Waals surface area contributed by atoms with Crippen LogP contribution in [-0.4, -0.2) is 43.0 Å². The van der Waals surface area contributed by atoms with Crippen molar-refractivity contribution >= 4 is 5.97 Å². The minimum absolute atomic E-state index is 0.424. The lowest BCUT2D eigenvalue weighted by atomic mass is 9.93. The first-order valence-electron chi connectivity index (χ1n) is 10.6. The van der Waals surface area contributed by atoms with Gasteiger partial charge < -0.3 is 10.4 Å². The monoisotopic (exact) mass is 461 g/mol. The Bertz CT molecular complexity index is 1070. The molecule has 0 saturated carbocycles. The molecular formula is C23H26F3N5O2. The molecule has 1 aliphatic rings. The molecule has 3 aromatic heterocycles. The number of carboxylic acid groups (broad SMARTS) is 1. The summed E-state index contributed by atoms with van der Waals surface area (Å²) in [5.41, 5.74) is 6.08. The Balaban J connectivity index is 0.000000383. The van der Waals surface area contributed by atoms with Crippen LogP contribution in [0.25, 0.3) is 11.1 Å². The zero-order chi connectivity index (χ0) is 24.0. The number of aromatic nitrogens is 4. The maximum Gasteiger partial charge on any atom is 0.490 e. The van der Waals surface area contributed by atoms with Crippen LogP contribution >= 0.6 is 0 Å². The Hall–Kier alpha value is -3.27. The summed E-state index contributed by atoms with van der Waals surface area (Å²) < 4.78 is 33.8. The van der Waals surface area contributed by atoms with Crippen molar-refractivity contribution in [3.05, 3.63) is 66.0 Å². The van der Waals surface area contributed by atoms with Crippen molar-refractivity contribution in [1.82, 2.24) is 25.1 Å². The first-order valence-corrected chi connectivity index (χ1v) is 10.6. The van der Waals surface area contributed by atoms with E-state index in [1.807, 2.05) is 24.7 Å². The first-order chi connectivity index (χ1) is 15.6. The van der Waals surface area contributed by atoms with Crippen molar-refractivity contribution in [3.8, 4) is 11.1 Å². The predicted octanol–water partition coefficient (Wildman–Crippen LogP) is 4.20. The van der Waals surface area contributed by atoms with Crippen molar-refractivity contribution < 1.29 is 23.1 Å². The molecule has 3 heterocycles. The number of rotatable bonds is 5. The third kappa shape index (κ3) is 6.85. The van der Waals surface area contributed by atoms with Crippen LogP contribution in [0.3, 0.4) is 0 Å². The Morgan fingerprint density at radius 1 is 1.24 bits per heavy atom. The highest BCUT2D eigenvalue weighted by molar-refractivity contribution is 5.73. The molecule has 10 heteroatoms. The van der Waals surface area contributed by atoms with Crippen LogP contribution < -0.4 is 5.32 Å². The van der Waals surface area contributed by atoms with Crippen LogP contribution in [0.2, 0.25) is 0 Å². The van der Waals surface area contributed by atoms with E-state index in [1.54, 1.807) is 6.20 Å². The highest BCUT2D eigenvalue weighted by Crippen LogP contribution is 2.23. The molecule has 4 rings (SSSR count). The molecule has 33 heavy (non-hydrogen) atoms. The minimum atomic E-state index is -5.08. The van der Waals surface area contributed by atoms with Gasteiger partial charge >= 0.3 is 12.1 Å². The second-order valence-electron chi connectivity index (χ2n) is 8.12. The van der Waals surface area contributed by atoms with Crippen LogP contribution in [0.1, 0.15) is 43.1 Å². The van der Waals surface area contributed by atoms with Gasteiger partial charge in [-0.2, -0.15) is 18.3 Å². The van der Waals surface area contributed by atoms with Gasteiger partial charge in [-0.3, -0.25) is 14.6 Å². The number of fused-ring (bicyclic) bond motifs is 1. The van der Waals surface area contributed by atoms with Gasteiger partial charge in [0.15, 0.2) is 0 Å². The van der Waals surface area contributed by atoms with Gasteiger partial charge in [0.2, 0.25) is 0 Å². The Morgan fingerprint density at radius 3 is 2.61 bits per heavy atom. The van der Waals surface area contributed by atoms with Crippen molar-refractivity contribution in [2.24, 2.45) is 0 Å². The molecule has 0 bridgehead atoms. The molecule has 7 nitrogen and oxygen atoms in total. The van der Waals surface area contributed by atoms with Gasteiger partial charge in [0.25, 0.3) is 0 Å². The second-order valence-corrected chi connectivity index (χ2v) is 8.12. The van der Waals surface area contributed by atoms with E-state index in [0.717, 1.165) is 36.9 Å². The number of alkyl halides is 3. The number of aryl methyl sites for hydroxylation is 1. The maximum absolute atomic E-state index is 10.6. The quantitative estimate of drug-likeness (QED) is 0.592. The highest BCUT2D eigenvalue weighted by Gasteiger charge is 2.38. The average Bonchev–Trinajstić information content (AvgIpc) is 3.22. The molecular weight excluding hydrogens is 435 g/mol. The van der Waals surface area contributed by atoms with E-state index in [9.17, 15) is 13.2 Å². The van der Waals surface area contributed by atoms with Crippen LogP contribution in [0.4, 0.5) is 13.2 Å². The predicted molar refractivity (Wildman–Crippen MR) is 116 cm³/mol. The van der Waals surface area contributed by atoms with Crippen LogP contribution in [-0.2, 0) is 24.2 Å². The first kappa shape index (κ1) is 24.4. The fourth-order valence-corrected chi connectivity index (χ4v) is 3.49. The molecule has 0 spiro atoms. The van der Waals surface area contributed by atoms with Gasteiger partial charge in [0.1, 0.15) is 0 Å². The fourth-order valence-electron chi connectivity index (χ4n) is 3.49. The largest absolute Gasteiger partial charge is 0.490 e. The van der Waals surface area contributed by atoms with Crippen molar-refractivity contribution in [2.45, 2.75) is 57.9 Å². The second kappa shape index (κ2) is 10.6. The number of carbonyl (C=O) groups is 1. The summed E-state index contributed by atoms with van der Waals surface area (Å²) in [4.78, 5) is 17.5. The number of halogens is 3. The van der Waals surface area contributed by atoms with Gasteiger partial charge in [-0.25, -0.2) is 4.79 Å². The van der Waals surface area contributed by atoms with Crippen molar-refractivity contribution in [2.75, 3.05) is 0 Å². The topological polar surface area (TPSA) is 92.9 Å². The summed E-state index contributed by atoms with van der Waals surface area (Å²) in [6, 6.07) is 7.11. The lowest BCUT2D eigenvalue weighted by molar-refractivity contribution is -0.192. The molecule has 2 N–H and O–H groups in total. The molecule has 1 unspecified atom stereocenters. The molecule has 0 amide bonds. The van der Waals surface area contributed by atoms with Crippen LogP contribution in [0, 0.1) is 0 Å². The van der Waals surface area contributed by atoms with Gasteiger partial charge in [0.05, 0.1) is 5.69 Å². The molecule has 0 aromatic carbocycles. The van der Waals surface area contributed by atoms with E-state index in [-0.39, 0.29) is 0 Å². The number of nitrogens with one attached hydrogen (secondary N) is 1. The molecule has 1 aliphatic carbocycles. The molecule has 1 atom stereocenters. The zero-order valence-corrected chi connectivity index (χ0v) is 18.4. The van der Waals surface area contributed by atoms with E-state index >= 15 is 0 Å². The maximum atomic E-state index is 10.6. The van der Waals surface area contributed by atoms with Gasteiger partial charge in [-0.05, 0) is 49.9 Å². The minimum Gasteiger partial charge on any atom is -0.475 e. The smallest absolute Gasteiger partial charge is 0.475 e. The van der Waals surface area contributed by atoms with E-state index in [1.165, 1.54) is 16.8 Å². The van der Waals surface area contributed by atoms with Crippen molar-refractivity contribution in [1.29, 1.82) is 0 Å². The standard InChI is InChI=1S/C21H25N5.C2HF3O2/c1-15(2)26-14-18-5-6-20(9-21(18)25-26)24-11-16-8-19(13-23-10-16)17-4-3-7-22-12-17;3-2(4,5)1(6)7/h3-4,7-8,10,12-15,20,24H,5-6,9,11H2,1-2H3;(H,6,7). The van der Waals surface area contributed by atoms with E-state index < -0.39 is 12.1 Å². The van der Waals surface area contributed by atoms with Gasteiger partial charge in [-0.15, -0.1) is 0 Å². The van der Waals surface area contributed by atoms with Gasteiger partial charge in [-0.1, -0.05) is 6.07 Å². The third-order valence-corrected chi connectivity index (χ3v) is 5.25. The lowest BCUT2D eigenvalue weighted by Gasteiger charge is -2.22. The van der Waals surface area contributed by atoms with E-state index in [4.69, 9.17) is 15.0 Å². The SMILES string of the molecule is CC(C)n1cc2c(n1)CC(NCc1cncc(-c3cccnc3)c1)CC2.O=C(O)C(F)(F)F.